The molecule has 0 aromatic heterocycles. The molecule has 0 bridgehead atoms. The van der Waals surface area contributed by atoms with Gasteiger partial charge in [0.1, 0.15) is 5.75 Å². The van der Waals surface area contributed by atoms with Gasteiger partial charge in [0.2, 0.25) is 11.6 Å². The van der Waals surface area contributed by atoms with Crippen molar-refractivity contribution in [3.05, 3.63) is 54.6 Å². The largest absolute Gasteiger partial charge is 0.454 e. The van der Waals surface area contributed by atoms with Crippen LogP contribution in [0.1, 0.15) is 6.42 Å². The summed E-state index contributed by atoms with van der Waals surface area (Å²) in [6.07, 6.45) is 0.193. The second kappa shape index (κ2) is 8.51. The summed E-state index contributed by atoms with van der Waals surface area (Å²) in [4.78, 5) is 11.4. The van der Waals surface area contributed by atoms with Crippen LogP contribution < -0.4 is 15.4 Å². The number of carbonyl (C=O) groups excluding carboxylic acids is 1. The molecule has 0 saturated heterocycles. The number of rotatable bonds is 7. The lowest BCUT2D eigenvalue weighted by Gasteiger charge is -2.17. The Kier molecular flexibility index (Phi) is 6.37. The van der Waals surface area contributed by atoms with E-state index in [0.29, 0.717) is 5.75 Å². The van der Waals surface area contributed by atoms with E-state index in [9.17, 15) is 4.79 Å². The van der Waals surface area contributed by atoms with Gasteiger partial charge in [-0.05, 0) is 24.3 Å². The van der Waals surface area contributed by atoms with Crippen molar-refractivity contribution >= 4 is 40.5 Å². The molecule has 0 aliphatic rings. The van der Waals surface area contributed by atoms with Crippen LogP contribution in [0.3, 0.4) is 0 Å². The Morgan fingerprint density at radius 2 is 1.77 bits per heavy atom. The van der Waals surface area contributed by atoms with Crippen molar-refractivity contribution in [3.63, 3.8) is 0 Å². The van der Waals surface area contributed by atoms with E-state index in [0.717, 1.165) is 11.4 Å². The van der Waals surface area contributed by atoms with Crippen LogP contribution >= 0.6 is 23.2 Å². The summed E-state index contributed by atoms with van der Waals surface area (Å²) in [5, 5.41) is 5.75. The third-order valence-electron chi connectivity index (χ3n) is 2.77. The molecule has 0 fully saturated rings. The van der Waals surface area contributed by atoms with Gasteiger partial charge < -0.3 is 15.4 Å². The third kappa shape index (κ3) is 5.13. The summed E-state index contributed by atoms with van der Waals surface area (Å²) in [5.74, 6) is 0.516. The van der Waals surface area contributed by atoms with Crippen LogP contribution in [0.25, 0.3) is 0 Å². The number of benzene rings is 2. The maximum Gasteiger partial charge on any atom is 0.250 e. The van der Waals surface area contributed by atoms with Crippen LogP contribution in [0.2, 0.25) is 0 Å². The van der Waals surface area contributed by atoms with E-state index in [1.165, 1.54) is 0 Å². The minimum absolute atomic E-state index is 0.193. The second-order valence-electron chi connectivity index (χ2n) is 4.43. The highest BCUT2D eigenvalue weighted by atomic mass is 35.5. The zero-order valence-electron chi connectivity index (χ0n) is 11.8. The second-order valence-corrected chi connectivity index (χ2v) is 5.20. The van der Waals surface area contributed by atoms with Gasteiger partial charge in [-0.3, -0.25) is 4.79 Å². The standard InChI is InChI=1S/C16H16Cl2N2O2/c17-11-10-15(21)20-16(18)22-14-9-5-4-8-13(14)19-12-6-2-1-3-7-12/h1-9,16,19H,10-11H2,(H,20,21). The number of ether oxygens (including phenoxy) is 1. The van der Waals surface area contributed by atoms with Crippen molar-refractivity contribution in [2.75, 3.05) is 11.2 Å². The molecule has 22 heavy (non-hydrogen) atoms. The van der Waals surface area contributed by atoms with Crippen LogP contribution in [0, 0.1) is 0 Å². The molecule has 2 rings (SSSR count). The van der Waals surface area contributed by atoms with Gasteiger partial charge in [-0.25, -0.2) is 0 Å². The third-order valence-corrected chi connectivity index (χ3v) is 3.15. The molecule has 116 valence electrons. The van der Waals surface area contributed by atoms with Crippen molar-refractivity contribution in [2.24, 2.45) is 0 Å². The first-order valence-corrected chi connectivity index (χ1v) is 7.73. The van der Waals surface area contributed by atoms with Crippen molar-refractivity contribution in [2.45, 2.75) is 12.1 Å². The van der Waals surface area contributed by atoms with E-state index in [-0.39, 0.29) is 18.2 Å². The fraction of sp³-hybridized carbons (Fsp3) is 0.188. The number of anilines is 2. The summed E-state index contributed by atoms with van der Waals surface area (Å²) >= 11 is 11.5. The highest BCUT2D eigenvalue weighted by Gasteiger charge is 2.12. The molecule has 0 saturated carbocycles. The first-order chi connectivity index (χ1) is 10.7. The smallest absolute Gasteiger partial charge is 0.250 e. The Morgan fingerprint density at radius 3 is 2.50 bits per heavy atom. The molecule has 1 atom stereocenters. The topological polar surface area (TPSA) is 50.4 Å². The lowest BCUT2D eigenvalue weighted by Crippen LogP contribution is -2.35. The predicted octanol–water partition coefficient (Wildman–Crippen LogP) is 4.08. The summed E-state index contributed by atoms with van der Waals surface area (Å²) in [7, 11) is 0. The van der Waals surface area contributed by atoms with E-state index in [2.05, 4.69) is 10.6 Å². The van der Waals surface area contributed by atoms with Crippen molar-refractivity contribution < 1.29 is 9.53 Å². The SMILES string of the molecule is O=C(CCCl)NC(Cl)Oc1ccccc1Nc1ccccc1. The number of alkyl halides is 2. The number of para-hydroxylation sites is 3. The van der Waals surface area contributed by atoms with E-state index in [4.69, 9.17) is 27.9 Å². The number of hydrogen-bond donors (Lipinski definition) is 2. The summed E-state index contributed by atoms with van der Waals surface area (Å²) in [6, 6.07) is 17.0. The minimum atomic E-state index is -0.963. The van der Waals surface area contributed by atoms with E-state index in [1.807, 2.05) is 48.5 Å². The van der Waals surface area contributed by atoms with Crippen molar-refractivity contribution in [1.29, 1.82) is 0 Å². The van der Waals surface area contributed by atoms with E-state index < -0.39 is 5.69 Å². The van der Waals surface area contributed by atoms with Gasteiger partial charge in [-0.1, -0.05) is 41.9 Å². The van der Waals surface area contributed by atoms with Crippen LogP contribution in [0.5, 0.6) is 5.75 Å². The Morgan fingerprint density at radius 1 is 1.09 bits per heavy atom. The molecular weight excluding hydrogens is 323 g/mol. The lowest BCUT2D eigenvalue weighted by atomic mass is 10.2. The molecule has 2 N–H and O–H groups in total. The fourth-order valence-corrected chi connectivity index (χ4v) is 2.16. The van der Waals surface area contributed by atoms with Crippen molar-refractivity contribution in [3.8, 4) is 5.75 Å². The van der Waals surface area contributed by atoms with Crippen LogP contribution in [-0.2, 0) is 4.79 Å². The van der Waals surface area contributed by atoms with Gasteiger partial charge in [0.25, 0.3) is 0 Å². The zero-order valence-corrected chi connectivity index (χ0v) is 13.3. The van der Waals surface area contributed by atoms with Gasteiger partial charge in [-0.15, -0.1) is 11.6 Å². The molecule has 1 unspecified atom stereocenters. The van der Waals surface area contributed by atoms with Crippen molar-refractivity contribution in [1.82, 2.24) is 5.32 Å². The average molecular weight is 339 g/mol. The summed E-state index contributed by atoms with van der Waals surface area (Å²) in [6.45, 7) is 0. The van der Waals surface area contributed by atoms with Gasteiger partial charge in [-0.2, -0.15) is 0 Å². The highest BCUT2D eigenvalue weighted by Crippen LogP contribution is 2.28. The molecule has 4 nitrogen and oxygen atoms in total. The Hall–Kier alpha value is -1.91. The quantitative estimate of drug-likeness (QED) is 0.454. The normalized spacial score (nSPS) is 11.5. The lowest BCUT2D eigenvalue weighted by molar-refractivity contribution is -0.122. The molecule has 2 aromatic carbocycles. The molecule has 0 spiro atoms. The monoisotopic (exact) mass is 338 g/mol. The molecule has 1 amide bonds. The number of halogens is 2. The number of carbonyl (C=O) groups is 1. The summed E-state index contributed by atoms with van der Waals surface area (Å²) < 4.78 is 5.56. The van der Waals surface area contributed by atoms with Crippen LogP contribution in [0.4, 0.5) is 11.4 Å². The van der Waals surface area contributed by atoms with Gasteiger partial charge >= 0.3 is 0 Å². The van der Waals surface area contributed by atoms with E-state index >= 15 is 0 Å². The Bertz CT molecular complexity index is 608. The summed E-state index contributed by atoms with van der Waals surface area (Å²) in [5.41, 5.74) is 0.719. The molecule has 0 aliphatic heterocycles. The van der Waals surface area contributed by atoms with E-state index in [1.54, 1.807) is 6.07 Å². The van der Waals surface area contributed by atoms with Crippen LogP contribution in [0.15, 0.2) is 54.6 Å². The molecule has 0 heterocycles. The number of amides is 1. The average Bonchev–Trinajstić information content (AvgIpc) is 2.50. The maximum absolute atomic E-state index is 11.4. The Balaban J connectivity index is 2.03. The molecule has 0 radical (unpaired) electrons. The predicted molar refractivity (Wildman–Crippen MR) is 89.9 cm³/mol. The first-order valence-electron chi connectivity index (χ1n) is 6.76. The van der Waals surface area contributed by atoms with Crippen LogP contribution in [-0.4, -0.2) is 17.5 Å². The first kappa shape index (κ1) is 16.5. The molecule has 6 heteroatoms. The number of nitrogens with one attached hydrogen (secondary N) is 2. The Labute approximate surface area is 139 Å². The molecular formula is C16H16Cl2N2O2. The van der Waals surface area contributed by atoms with Gasteiger partial charge in [0.15, 0.2) is 0 Å². The molecule has 0 aliphatic carbocycles. The fourth-order valence-electron chi connectivity index (χ4n) is 1.78. The van der Waals surface area contributed by atoms with Gasteiger partial charge in [0.05, 0.1) is 5.69 Å². The highest BCUT2D eigenvalue weighted by molar-refractivity contribution is 6.21. The maximum atomic E-state index is 11.4. The van der Waals surface area contributed by atoms with Gasteiger partial charge in [0, 0.05) is 18.0 Å². The number of hydrogen-bond acceptors (Lipinski definition) is 3. The zero-order chi connectivity index (χ0) is 15.8. The minimum Gasteiger partial charge on any atom is -0.454 e. The molecule has 2 aromatic rings.